The van der Waals surface area contributed by atoms with Gasteiger partial charge in [0.15, 0.2) is 0 Å². The van der Waals surface area contributed by atoms with Crippen molar-refractivity contribution < 1.29 is 22.4 Å². The Morgan fingerprint density at radius 3 is 2.33 bits per heavy atom. The lowest BCUT2D eigenvalue weighted by Gasteiger charge is -2.34. The van der Waals surface area contributed by atoms with Crippen molar-refractivity contribution in [1.82, 2.24) is 9.62 Å². The van der Waals surface area contributed by atoms with Crippen LogP contribution in [-0.4, -0.2) is 56.2 Å². The molecule has 7 nitrogen and oxygen atoms in total. The van der Waals surface area contributed by atoms with E-state index >= 15 is 0 Å². The predicted molar refractivity (Wildman–Crippen MR) is 93.6 cm³/mol. The topological polar surface area (TPSA) is 88.8 Å². The van der Waals surface area contributed by atoms with Crippen LogP contribution in [0.15, 0.2) is 8.89 Å². The molecule has 2 heterocycles. The Hall–Kier alpha value is -0.900. The summed E-state index contributed by atoms with van der Waals surface area (Å²) in [6.07, 6.45) is -0.267. The van der Waals surface area contributed by atoms with Gasteiger partial charge in [0.25, 0.3) is 5.91 Å². The third kappa shape index (κ3) is 4.38. The van der Waals surface area contributed by atoms with Crippen molar-refractivity contribution in [2.45, 2.75) is 39.9 Å². The van der Waals surface area contributed by atoms with Gasteiger partial charge in [-0.25, -0.2) is 8.42 Å². The molecule has 1 aromatic heterocycles. The molecule has 1 aliphatic rings. The van der Waals surface area contributed by atoms with Crippen LogP contribution in [0.3, 0.4) is 0 Å². The van der Waals surface area contributed by atoms with E-state index in [4.69, 9.17) is 9.15 Å². The number of hydrogen-bond acceptors (Lipinski definition) is 5. The van der Waals surface area contributed by atoms with Gasteiger partial charge in [-0.15, -0.1) is 0 Å². The summed E-state index contributed by atoms with van der Waals surface area (Å²) in [4.78, 5) is 12.2. The number of aryl methyl sites for hydroxylation is 2. The van der Waals surface area contributed by atoms with E-state index in [1.54, 1.807) is 13.8 Å². The van der Waals surface area contributed by atoms with Crippen LogP contribution in [0, 0.1) is 13.8 Å². The first kappa shape index (κ1) is 19.4. The number of nitrogens with zero attached hydrogens (tertiary/aromatic N) is 1. The number of halogens is 1. The predicted octanol–water partition coefficient (Wildman–Crippen LogP) is 1.83. The number of rotatable bonds is 5. The second-order valence-corrected chi connectivity index (χ2v) is 8.93. The van der Waals surface area contributed by atoms with Gasteiger partial charge in [-0.3, -0.25) is 4.79 Å². The molecule has 0 spiro atoms. The van der Waals surface area contributed by atoms with Crippen LogP contribution in [0.5, 0.6) is 0 Å². The minimum Gasteiger partial charge on any atom is -0.465 e. The summed E-state index contributed by atoms with van der Waals surface area (Å²) in [6.45, 7) is 7.86. The van der Waals surface area contributed by atoms with Crippen molar-refractivity contribution in [2.75, 3.05) is 25.4 Å². The van der Waals surface area contributed by atoms with Gasteiger partial charge in [0.1, 0.15) is 11.5 Å². The molecular weight excluding hydrogens is 400 g/mol. The van der Waals surface area contributed by atoms with Crippen molar-refractivity contribution in [2.24, 2.45) is 0 Å². The van der Waals surface area contributed by atoms with Crippen LogP contribution < -0.4 is 5.32 Å². The van der Waals surface area contributed by atoms with E-state index in [2.05, 4.69) is 21.2 Å². The van der Waals surface area contributed by atoms with Gasteiger partial charge in [0.2, 0.25) is 10.0 Å². The van der Waals surface area contributed by atoms with Crippen LogP contribution in [0.25, 0.3) is 0 Å². The maximum absolute atomic E-state index is 12.4. The fraction of sp³-hybridized carbons (Fsp3) is 0.667. The summed E-state index contributed by atoms with van der Waals surface area (Å²) in [5.74, 6) is 0.610. The van der Waals surface area contributed by atoms with Crippen LogP contribution >= 0.6 is 15.9 Å². The highest BCUT2D eigenvalue weighted by atomic mass is 79.9. The van der Waals surface area contributed by atoms with Crippen LogP contribution in [0.2, 0.25) is 0 Å². The molecule has 24 heavy (non-hydrogen) atoms. The van der Waals surface area contributed by atoms with Crippen molar-refractivity contribution in [1.29, 1.82) is 0 Å². The van der Waals surface area contributed by atoms with Gasteiger partial charge in [-0.2, -0.15) is 4.31 Å². The quantitative estimate of drug-likeness (QED) is 0.781. The third-order valence-electron chi connectivity index (χ3n) is 3.84. The second kappa shape index (κ2) is 7.55. The van der Waals surface area contributed by atoms with E-state index in [9.17, 15) is 13.2 Å². The number of nitrogens with one attached hydrogen (secondary N) is 1. The first-order valence-electron chi connectivity index (χ1n) is 7.78. The minimum atomic E-state index is -3.44. The SMILES string of the molecule is Cc1oc(C)c(C(=O)NCCS(=O)(=O)N2CC(C)OC(C)C2)c1Br. The summed E-state index contributed by atoms with van der Waals surface area (Å²) in [5.41, 5.74) is 0.401. The zero-order chi connectivity index (χ0) is 18.1. The average molecular weight is 423 g/mol. The zero-order valence-corrected chi connectivity index (χ0v) is 16.7. The summed E-state index contributed by atoms with van der Waals surface area (Å²) in [5, 5.41) is 2.65. The molecule has 0 saturated carbocycles. The number of carbonyl (C=O) groups is 1. The normalized spacial score (nSPS) is 22.5. The molecule has 2 unspecified atom stereocenters. The Kier molecular flexibility index (Phi) is 6.11. The fourth-order valence-electron chi connectivity index (χ4n) is 2.78. The molecule has 1 aliphatic heterocycles. The van der Waals surface area contributed by atoms with Gasteiger partial charge in [0, 0.05) is 19.6 Å². The van der Waals surface area contributed by atoms with Crippen molar-refractivity contribution >= 4 is 31.9 Å². The maximum Gasteiger partial charge on any atom is 0.256 e. The smallest absolute Gasteiger partial charge is 0.256 e. The van der Waals surface area contributed by atoms with Gasteiger partial charge >= 0.3 is 0 Å². The van der Waals surface area contributed by atoms with Crippen LogP contribution in [0.4, 0.5) is 0 Å². The highest BCUT2D eigenvalue weighted by molar-refractivity contribution is 9.10. The van der Waals surface area contributed by atoms with E-state index < -0.39 is 10.0 Å². The Morgan fingerprint density at radius 1 is 1.25 bits per heavy atom. The number of ether oxygens (including phenoxy) is 1. The molecule has 0 bridgehead atoms. The number of carbonyl (C=O) groups excluding carboxylic acids is 1. The molecule has 0 aliphatic carbocycles. The van der Waals surface area contributed by atoms with E-state index in [1.165, 1.54) is 4.31 Å². The van der Waals surface area contributed by atoms with E-state index in [-0.39, 0.29) is 30.4 Å². The Labute approximate surface area is 150 Å². The van der Waals surface area contributed by atoms with E-state index in [0.717, 1.165) is 0 Å². The fourth-order valence-corrected chi connectivity index (χ4v) is 4.82. The molecule has 136 valence electrons. The Morgan fingerprint density at radius 2 is 1.83 bits per heavy atom. The molecule has 1 N–H and O–H groups in total. The average Bonchev–Trinajstić information content (AvgIpc) is 2.70. The molecule has 0 radical (unpaired) electrons. The molecular formula is C15H23BrN2O5S. The summed E-state index contributed by atoms with van der Waals surface area (Å²) < 4.78 is 37.8. The molecule has 0 aromatic carbocycles. The third-order valence-corrected chi connectivity index (χ3v) is 6.60. The van der Waals surface area contributed by atoms with Gasteiger partial charge < -0.3 is 14.5 Å². The minimum absolute atomic E-state index is 0.0391. The number of amides is 1. The molecule has 2 atom stereocenters. The Bertz CT molecular complexity index is 706. The maximum atomic E-state index is 12.4. The molecule has 9 heteroatoms. The lowest BCUT2D eigenvalue weighted by atomic mass is 10.2. The monoisotopic (exact) mass is 422 g/mol. The molecule has 1 fully saturated rings. The first-order valence-corrected chi connectivity index (χ1v) is 10.2. The molecule has 1 aromatic rings. The van der Waals surface area contributed by atoms with Crippen molar-refractivity contribution in [3.05, 3.63) is 21.6 Å². The molecule has 2 rings (SSSR count). The lowest BCUT2D eigenvalue weighted by Crippen LogP contribution is -2.49. The lowest BCUT2D eigenvalue weighted by molar-refractivity contribution is -0.0440. The van der Waals surface area contributed by atoms with Crippen molar-refractivity contribution in [3.8, 4) is 0 Å². The van der Waals surface area contributed by atoms with Gasteiger partial charge in [0.05, 0.1) is 28.0 Å². The Balaban J connectivity index is 1.94. The summed E-state index contributed by atoms with van der Waals surface area (Å²) >= 11 is 3.31. The molecule has 1 amide bonds. The van der Waals surface area contributed by atoms with E-state index in [0.29, 0.717) is 34.6 Å². The summed E-state index contributed by atoms with van der Waals surface area (Å²) in [6, 6.07) is 0. The van der Waals surface area contributed by atoms with E-state index in [1.807, 2.05) is 13.8 Å². The van der Waals surface area contributed by atoms with Crippen LogP contribution in [0.1, 0.15) is 35.7 Å². The number of morpholine rings is 1. The summed E-state index contributed by atoms with van der Waals surface area (Å²) in [7, 11) is -3.44. The highest BCUT2D eigenvalue weighted by Crippen LogP contribution is 2.27. The highest BCUT2D eigenvalue weighted by Gasteiger charge is 2.31. The second-order valence-electron chi connectivity index (χ2n) is 6.05. The van der Waals surface area contributed by atoms with Crippen molar-refractivity contribution in [3.63, 3.8) is 0 Å². The van der Waals surface area contributed by atoms with Crippen LogP contribution in [-0.2, 0) is 14.8 Å². The zero-order valence-electron chi connectivity index (χ0n) is 14.3. The number of hydrogen-bond donors (Lipinski definition) is 1. The first-order chi connectivity index (χ1) is 11.1. The standard InChI is InChI=1S/C15H23BrN2O5S/c1-9-7-18(8-10(2)22-9)24(20,21)6-5-17-15(19)13-11(3)23-12(4)14(13)16/h9-10H,5-8H2,1-4H3,(H,17,19). The number of furan rings is 1. The molecule has 1 saturated heterocycles. The largest absolute Gasteiger partial charge is 0.465 e. The van der Waals surface area contributed by atoms with Gasteiger partial charge in [-0.1, -0.05) is 0 Å². The van der Waals surface area contributed by atoms with Gasteiger partial charge in [-0.05, 0) is 43.6 Å². The number of sulfonamides is 1.